The van der Waals surface area contributed by atoms with E-state index in [0.29, 0.717) is 25.5 Å². The van der Waals surface area contributed by atoms with Gasteiger partial charge in [0.25, 0.3) is 0 Å². The van der Waals surface area contributed by atoms with Gasteiger partial charge in [0, 0.05) is 25.7 Å². The van der Waals surface area contributed by atoms with Crippen LogP contribution in [0.3, 0.4) is 0 Å². The number of nitrogens with two attached hydrogens (primary N) is 1. The summed E-state index contributed by atoms with van der Waals surface area (Å²) < 4.78 is 38.9. The number of fused-ring (bicyclic) bond motifs is 1. The molecule has 2 rings (SSSR count). The minimum Gasteiger partial charge on any atom is -0.329 e. The van der Waals surface area contributed by atoms with Gasteiger partial charge in [0.05, 0.1) is 6.54 Å². The smallest absolute Gasteiger partial charge is 0.329 e. The van der Waals surface area contributed by atoms with E-state index < -0.39 is 12.0 Å². The zero-order chi connectivity index (χ0) is 12.6. The summed E-state index contributed by atoms with van der Waals surface area (Å²) in [5, 5.41) is 6.82. The summed E-state index contributed by atoms with van der Waals surface area (Å²) in [6, 6.07) is 0.134. The van der Waals surface area contributed by atoms with Gasteiger partial charge in [-0.25, -0.2) is 0 Å². The van der Waals surface area contributed by atoms with E-state index in [1.165, 1.54) is 0 Å². The second-order valence-electron chi connectivity index (χ2n) is 4.14. The maximum atomic E-state index is 12.6. The molecular weight excluding hydrogens is 235 g/mol. The molecule has 17 heavy (non-hydrogen) atoms. The molecule has 1 aliphatic heterocycles. The molecule has 0 saturated carbocycles. The van der Waals surface area contributed by atoms with Crippen molar-refractivity contribution >= 4 is 0 Å². The molecule has 2 heterocycles. The van der Waals surface area contributed by atoms with Gasteiger partial charge in [-0.15, -0.1) is 10.2 Å². The van der Waals surface area contributed by atoms with Gasteiger partial charge in [0.15, 0.2) is 0 Å². The molecule has 2 N–H and O–H groups in total. The van der Waals surface area contributed by atoms with E-state index in [2.05, 4.69) is 10.2 Å². The van der Waals surface area contributed by atoms with Crippen LogP contribution in [0.4, 0.5) is 13.2 Å². The molecule has 1 aliphatic rings. The Kier molecular flexibility index (Phi) is 3.09. The summed E-state index contributed by atoms with van der Waals surface area (Å²) >= 11 is 0. The summed E-state index contributed by atoms with van der Waals surface area (Å²) in [7, 11) is 0. The molecular formula is C9H14F3N5. The van der Waals surface area contributed by atoms with E-state index in [1.54, 1.807) is 0 Å². The fourth-order valence-electron chi connectivity index (χ4n) is 1.91. The molecule has 5 nitrogen and oxygen atoms in total. The Balaban J connectivity index is 2.22. The Morgan fingerprint density at radius 3 is 2.65 bits per heavy atom. The third kappa shape index (κ3) is 2.27. The highest BCUT2D eigenvalue weighted by molar-refractivity contribution is 5.02. The Labute approximate surface area is 96.4 Å². The van der Waals surface area contributed by atoms with Crippen LogP contribution in [0, 0.1) is 0 Å². The average Bonchev–Trinajstić information content (AvgIpc) is 2.70. The number of hydrogen-bond donors (Lipinski definition) is 1. The fourth-order valence-corrected chi connectivity index (χ4v) is 1.91. The van der Waals surface area contributed by atoms with Gasteiger partial charge in [-0.05, 0) is 6.92 Å². The molecule has 1 unspecified atom stereocenters. The number of rotatable bonds is 2. The van der Waals surface area contributed by atoms with E-state index in [9.17, 15) is 13.2 Å². The van der Waals surface area contributed by atoms with Crippen LogP contribution >= 0.6 is 0 Å². The normalized spacial score (nSPS) is 19.1. The number of alkyl halides is 3. The van der Waals surface area contributed by atoms with E-state index in [0.717, 1.165) is 4.57 Å². The van der Waals surface area contributed by atoms with Crippen molar-refractivity contribution in [2.45, 2.75) is 32.2 Å². The van der Waals surface area contributed by atoms with Crippen LogP contribution in [0.2, 0.25) is 0 Å². The summed E-state index contributed by atoms with van der Waals surface area (Å²) in [4.78, 5) is 2.00. The molecule has 0 fully saturated rings. The fraction of sp³-hybridized carbons (Fsp3) is 0.778. The summed E-state index contributed by atoms with van der Waals surface area (Å²) in [5.74, 6) is -0.559. The van der Waals surface area contributed by atoms with E-state index in [4.69, 9.17) is 5.73 Å². The highest BCUT2D eigenvalue weighted by Crippen LogP contribution is 2.29. The first-order chi connectivity index (χ1) is 7.93. The van der Waals surface area contributed by atoms with Crippen LogP contribution in [-0.4, -0.2) is 38.8 Å². The lowest BCUT2D eigenvalue weighted by Gasteiger charge is -2.32. The zero-order valence-corrected chi connectivity index (χ0v) is 9.41. The van der Waals surface area contributed by atoms with Gasteiger partial charge in [0.1, 0.15) is 5.82 Å². The first-order valence-electron chi connectivity index (χ1n) is 5.37. The standard InChI is InChI=1S/C9H14F3N5/c1-6(4-13)16-2-3-17-7(5-16)14-15-8(17)9(10,11)12/h6H,2-5,13H2,1H3. The average molecular weight is 249 g/mol. The third-order valence-electron chi connectivity index (χ3n) is 3.00. The lowest BCUT2D eigenvalue weighted by molar-refractivity contribution is -0.148. The van der Waals surface area contributed by atoms with E-state index in [1.807, 2.05) is 11.8 Å². The monoisotopic (exact) mass is 249 g/mol. The van der Waals surface area contributed by atoms with Crippen LogP contribution < -0.4 is 5.73 Å². The molecule has 1 aromatic rings. The van der Waals surface area contributed by atoms with Crippen molar-refractivity contribution in [2.24, 2.45) is 5.73 Å². The Hall–Kier alpha value is -1.15. The Morgan fingerprint density at radius 2 is 2.06 bits per heavy atom. The van der Waals surface area contributed by atoms with Crippen molar-refractivity contribution in [3.8, 4) is 0 Å². The van der Waals surface area contributed by atoms with Crippen LogP contribution in [-0.2, 0) is 19.3 Å². The first kappa shape index (κ1) is 12.3. The maximum absolute atomic E-state index is 12.6. The van der Waals surface area contributed by atoms with E-state index in [-0.39, 0.29) is 12.6 Å². The largest absolute Gasteiger partial charge is 0.451 e. The highest BCUT2D eigenvalue weighted by atomic mass is 19.4. The van der Waals surface area contributed by atoms with Crippen LogP contribution in [0.1, 0.15) is 18.6 Å². The summed E-state index contributed by atoms with van der Waals surface area (Å²) in [6.07, 6.45) is -4.44. The van der Waals surface area contributed by atoms with Gasteiger partial charge in [-0.1, -0.05) is 0 Å². The predicted molar refractivity (Wildman–Crippen MR) is 54.0 cm³/mol. The molecule has 0 amide bonds. The number of hydrogen-bond acceptors (Lipinski definition) is 4. The maximum Gasteiger partial charge on any atom is 0.451 e. The Morgan fingerprint density at radius 1 is 1.35 bits per heavy atom. The van der Waals surface area contributed by atoms with Gasteiger partial charge in [0.2, 0.25) is 5.82 Å². The second-order valence-corrected chi connectivity index (χ2v) is 4.14. The number of halogens is 3. The van der Waals surface area contributed by atoms with Gasteiger partial charge < -0.3 is 10.3 Å². The summed E-state index contributed by atoms with van der Waals surface area (Å²) in [5.41, 5.74) is 5.53. The molecule has 0 spiro atoms. The van der Waals surface area contributed by atoms with Crippen molar-refractivity contribution in [2.75, 3.05) is 13.1 Å². The molecule has 0 bridgehead atoms. The molecule has 1 aromatic heterocycles. The predicted octanol–water partition coefficient (Wildman–Crippen LogP) is 0.460. The number of nitrogens with zero attached hydrogens (tertiary/aromatic N) is 4. The third-order valence-corrected chi connectivity index (χ3v) is 3.00. The molecule has 0 saturated heterocycles. The Bertz CT molecular complexity index is 400. The minimum absolute atomic E-state index is 0.134. The molecule has 0 aliphatic carbocycles. The molecule has 1 atom stereocenters. The van der Waals surface area contributed by atoms with Crippen molar-refractivity contribution in [1.29, 1.82) is 0 Å². The van der Waals surface area contributed by atoms with Crippen molar-refractivity contribution < 1.29 is 13.2 Å². The van der Waals surface area contributed by atoms with Gasteiger partial charge in [-0.3, -0.25) is 4.90 Å². The lowest BCUT2D eigenvalue weighted by atomic mass is 10.2. The first-order valence-corrected chi connectivity index (χ1v) is 5.37. The highest BCUT2D eigenvalue weighted by Gasteiger charge is 2.39. The SMILES string of the molecule is CC(CN)N1CCn2c(nnc2C(F)(F)F)C1. The molecule has 0 radical (unpaired) electrons. The number of aromatic nitrogens is 3. The van der Waals surface area contributed by atoms with Crippen molar-refractivity contribution in [1.82, 2.24) is 19.7 Å². The van der Waals surface area contributed by atoms with Crippen LogP contribution in [0.15, 0.2) is 0 Å². The van der Waals surface area contributed by atoms with E-state index >= 15 is 0 Å². The molecule has 96 valence electrons. The molecule has 0 aromatic carbocycles. The van der Waals surface area contributed by atoms with Crippen LogP contribution in [0.25, 0.3) is 0 Å². The van der Waals surface area contributed by atoms with Crippen molar-refractivity contribution in [3.05, 3.63) is 11.6 Å². The lowest BCUT2D eigenvalue weighted by Crippen LogP contribution is -2.43. The van der Waals surface area contributed by atoms with Gasteiger partial charge >= 0.3 is 6.18 Å². The van der Waals surface area contributed by atoms with Crippen molar-refractivity contribution in [3.63, 3.8) is 0 Å². The molecule has 8 heteroatoms. The van der Waals surface area contributed by atoms with Gasteiger partial charge in [-0.2, -0.15) is 13.2 Å². The topological polar surface area (TPSA) is 60.0 Å². The second kappa shape index (κ2) is 4.26. The summed E-state index contributed by atoms with van der Waals surface area (Å²) in [6.45, 7) is 3.56. The quantitative estimate of drug-likeness (QED) is 0.827. The minimum atomic E-state index is -4.44. The van der Waals surface area contributed by atoms with Crippen LogP contribution in [0.5, 0.6) is 0 Å². The zero-order valence-electron chi connectivity index (χ0n) is 9.41.